The molecule has 2 rings (SSSR count). The van der Waals surface area contributed by atoms with Gasteiger partial charge in [-0.05, 0) is 39.5 Å². The molecule has 10 heteroatoms. The fourth-order valence-electron chi connectivity index (χ4n) is 1.56. The molecule has 0 saturated carbocycles. The zero-order valence-corrected chi connectivity index (χ0v) is 13.7. The first-order valence-electron chi connectivity index (χ1n) is 5.56. The topological polar surface area (TPSA) is 115 Å². The van der Waals surface area contributed by atoms with Crippen LogP contribution in [0.15, 0.2) is 39.0 Å². The van der Waals surface area contributed by atoms with E-state index in [9.17, 15) is 18.5 Å². The first-order valence-corrected chi connectivity index (χ1v) is 8.72. The van der Waals surface area contributed by atoms with Crippen molar-refractivity contribution in [3.63, 3.8) is 0 Å². The van der Waals surface area contributed by atoms with Crippen molar-refractivity contribution in [3.05, 3.63) is 49.1 Å². The van der Waals surface area contributed by atoms with Crippen molar-refractivity contribution in [1.82, 2.24) is 4.72 Å². The second kappa shape index (κ2) is 6.10. The maximum atomic E-state index is 12.1. The molecule has 0 atom stereocenters. The predicted molar refractivity (Wildman–Crippen MR) is 83.6 cm³/mol. The van der Waals surface area contributed by atoms with Gasteiger partial charge in [0, 0.05) is 22.0 Å². The summed E-state index contributed by atoms with van der Waals surface area (Å²) in [6.07, 6.45) is 0. The summed E-state index contributed by atoms with van der Waals surface area (Å²) in [5.74, 6) is 0. The van der Waals surface area contributed by atoms with Gasteiger partial charge in [0.25, 0.3) is 5.69 Å². The molecule has 0 aliphatic rings. The first-order chi connectivity index (χ1) is 9.81. The van der Waals surface area contributed by atoms with E-state index in [0.29, 0.717) is 0 Å². The largest absolute Gasteiger partial charge is 0.393 e. The number of benzene rings is 1. The molecule has 7 nitrogen and oxygen atoms in total. The quantitative estimate of drug-likeness (QED) is 0.461. The highest BCUT2D eigenvalue weighted by Gasteiger charge is 2.19. The van der Waals surface area contributed by atoms with Crippen LogP contribution in [0.4, 0.5) is 11.4 Å². The standard InChI is InChI=1S/C11H10BrN3O4S2/c12-8-3-4-20-11(8)6-14-21(18,19)7-1-2-10(15(16)17)9(13)5-7/h1-5,14H,6,13H2. The number of thiophene rings is 1. The number of nitro groups is 1. The molecule has 3 N–H and O–H groups in total. The van der Waals surface area contributed by atoms with Gasteiger partial charge in [-0.2, -0.15) is 0 Å². The number of hydrogen-bond donors (Lipinski definition) is 2. The van der Waals surface area contributed by atoms with Gasteiger partial charge >= 0.3 is 0 Å². The van der Waals surface area contributed by atoms with Crippen LogP contribution in [0.3, 0.4) is 0 Å². The Kier molecular flexibility index (Phi) is 4.61. The average Bonchev–Trinajstić information content (AvgIpc) is 2.81. The highest BCUT2D eigenvalue weighted by atomic mass is 79.9. The Bertz CT molecular complexity index is 789. The van der Waals surface area contributed by atoms with Crippen LogP contribution in [0.2, 0.25) is 0 Å². The number of anilines is 1. The summed E-state index contributed by atoms with van der Waals surface area (Å²) >= 11 is 4.72. The van der Waals surface area contributed by atoms with Crippen molar-refractivity contribution in [2.24, 2.45) is 0 Å². The zero-order chi connectivity index (χ0) is 15.6. The van der Waals surface area contributed by atoms with E-state index in [0.717, 1.165) is 27.5 Å². The second-order valence-electron chi connectivity index (χ2n) is 3.99. The Morgan fingerprint density at radius 2 is 2.10 bits per heavy atom. The zero-order valence-electron chi connectivity index (χ0n) is 10.4. The van der Waals surface area contributed by atoms with Crippen LogP contribution >= 0.6 is 27.3 Å². The summed E-state index contributed by atoms with van der Waals surface area (Å²) in [5.41, 5.74) is 4.98. The second-order valence-corrected chi connectivity index (χ2v) is 7.62. The van der Waals surface area contributed by atoms with Crippen molar-refractivity contribution in [2.75, 3.05) is 5.73 Å². The third-order valence-corrected chi connectivity index (χ3v) is 5.95. The van der Waals surface area contributed by atoms with Gasteiger partial charge in [-0.25, -0.2) is 13.1 Å². The number of sulfonamides is 1. The molecule has 0 aliphatic carbocycles. The first kappa shape index (κ1) is 15.9. The third-order valence-electron chi connectivity index (χ3n) is 2.62. The molecule has 1 heterocycles. The highest BCUT2D eigenvalue weighted by Crippen LogP contribution is 2.26. The van der Waals surface area contributed by atoms with Crippen LogP contribution in [-0.4, -0.2) is 13.3 Å². The molecule has 1 aromatic heterocycles. The van der Waals surface area contributed by atoms with Gasteiger partial charge in [-0.1, -0.05) is 0 Å². The monoisotopic (exact) mass is 391 g/mol. The average molecular weight is 392 g/mol. The minimum atomic E-state index is -3.78. The number of hydrogen-bond acceptors (Lipinski definition) is 6. The van der Waals surface area contributed by atoms with Gasteiger partial charge in [0.05, 0.1) is 9.82 Å². The molecule has 0 saturated heterocycles. The molecule has 112 valence electrons. The summed E-state index contributed by atoms with van der Waals surface area (Å²) in [5, 5.41) is 12.5. The lowest BCUT2D eigenvalue weighted by molar-refractivity contribution is -0.383. The van der Waals surface area contributed by atoms with Crippen molar-refractivity contribution in [3.8, 4) is 0 Å². The number of rotatable bonds is 5. The summed E-state index contributed by atoms with van der Waals surface area (Å²) in [6.45, 7) is 0.122. The fraction of sp³-hybridized carbons (Fsp3) is 0.0909. The normalized spacial score (nSPS) is 11.5. The Balaban J connectivity index is 2.22. The Labute approximate surface area is 133 Å². The predicted octanol–water partition coefficient (Wildman–Crippen LogP) is 2.48. The molecule has 0 fully saturated rings. The SMILES string of the molecule is Nc1cc(S(=O)(=O)NCc2sccc2Br)ccc1[N+](=O)[O-]. The molecule has 2 aromatic rings. The van der Waals surface area contributed by atoms with E-state index >= 15 is 0 Å². The van der Waals surface area contributed by atoms with Gasteiger partial charge in [0.15, 0.2) is 0 Å². The van der Waals surface area contributed by atoms with E-state index in [2.05, 4.69) is 20.7 Å². The number of nitrogen functional groups attached to an aromatic ring is 1. The molecule has 0 spiro atoms. The molecule has 0 bridgehead atoms. The van der Waals surface area contributed by atoms with Crippen LogP contribution in [0, 0.1) is 10.1 Å². The lowest BCUT2D eigenvalue weighted by Crippen LogP contribution is -2.23. The lowest BCUT2D eigenvalue weighted by atomic mass is 10.3. The number of nitrogens with one attached hydrogen (secondary N) is 1. The van der Waals surface area contributed by atoms with Gasteiger partial charge in [-0.15, -0.1) is 11.3 Å². The molecular formula is C11H10BrN3O4S2. The molecule has 0 amide bonds. The Hall–Kier alpha value is -1.49. The molecular weight excluding hydrogens is 382 g/mol. The van der Waals surface area contributed by atoms with Crippen molar-refractivity contribution in [1.29, 1.82) is 0 Å². The van der Waals surface area contributed by atoms with Gasteiger partial charge in [-0.3, -0.25) is 10.1 Å². The van der Waals surface area contributed by atoms with Gasteiger partial charge in [0.2, 0.25) is 10.0 Å². The molecule has 21 heavy (non-hydrogen) atoms. The summed E-state index contributed by atoms with van der Waals surface area (Å²) < 4.78 is 27.5. The smallest absolute Gasteiger partial charge is 0.292 e. The summed E-state index contributed by atoms with van der Waals surface area (Å²) in [7, 11) is -3.78. The van der Waals surface area contributed by atoms with E-state index in [1.54, 1.807) is 0 Å². The van der Waals surface area contributed by atoms with Crippen molar-refractivity contribution < 1.29 is 13.3 Å². The third kappa shape index (κ3) is 3.59. The number of nitro benzene ring substituents is 1. The van der Waals surface area contributed by atoms with E-state index in [1.807, 2.05) is 11.4 Å². The van der Waals surface area contributed by atoms with Crippen LogP contribution in [0.25, 0.3) is 0 Å². The summed E-state index contributed by atoms with van der Waals surface area (Å²) in [6, 6.07) is 5.12. The number of nitrogens with two attached hydrogens (primary N) is 1. The van der Waals surface area contributed by atoms with Crippen molar-refractivity contribution in [2.45, 2.75) is 11.4 Å². The minimum Gasteiger partial charge on any atom is -0.393 e. The van der Waals surface area contributed by atoms with Gasteiger partial charge < -0.3 is 5.73 Å². The molecule has 0 unspecified atom stereocenters. The maximum Gasteiger partial charge on any atom is 0.292 e. The molecule has 0 radical (unpaired) electrons. The van der Waals surface area contributed by atoms with E-state index in [4.69, 9.17) is 5.73 Å². The van der Waals surface area contributed by atoms with Crippen LogP contribution in [-0.2, 0) is 16.6 Å². The molecule has 0 aliphatic heterocycles. The van der Waals surface area contributed by atoms with Crippen LogP contribution in [0.5, 0.6) is 0 Å². The van der Waals surface area contributed by atoms with E-state index in [-0.39, 0.29) is 22.8 Å². The lowest BCUT2D eigenvalue weighted by Gasteiger charge is -2.07. The fourth-order valence-corrected chi connectivity index (χ4v) is 4.12. The van der Waals surface area contributed by atoms with E-state index < -0.39 is 14.9 Å². The number of halogens is 1. The maximum absolute atomic E-state index is 12.1. The number of nitrogens with zero attached hydrogens (tertiary/aromatic N) is 1. The minimum absolute atomic E-state index is 0.113. The van der Waals surface area contributed by atoms with Crippen LogP contribution in [0.1, 0.15) is 4.88 Å². The Morgan fingerprint density at radius 1 is 1.38 bits per heavy atom. The van der Waals surface area contributed by atoms with Crippen LogP contribution < -0.4 is 10.5 Å². The highest BCUT2D eigenvalue weighted by molar-refractivity contribution is 9.10. The Morgan fingerprint density at radius 3 is 2.62 bits per heavy atom. The van der Waals surface area contributed by atoms with Gasteiger partial charge in [0.1, 0.15) is 5.69 Å². The van der Waals surface area contributed by atoms with E-state index in [1.165, 1.54) is 11.3 Å². The van der Waals surface area contributed by atoms with Crippen molar-refractivity contribution >= 4 is 48.7 Å². The summed E-state index contributed by atoms with van der Waals surface area (Å²) in [4.78, 5) is 10.7. The molecule has 1 aromatic carbocycles.